The second kappa shape index (κ2) is 6.34. The fourth-order valence-electron chi connectivity index (χ4n) is 2.13. The van der Waals surface area contributed by atoms with Crippen LogP contribution < -0.4 is 10.1 Å². The Bertz CT molecular complexity index is 713. The highest BCUT2D eigenvalue weighted by molar-refractivity contribution is 6.14. The fraction of sp³-hybridized carbons (Fsp3) is 0.286. The van der Waals surface area contributed by atoms with Crippen LogP contribution in [-0.4, -0.2) is 40.0 Å². The van der Waals surface area contributed by atoms with Gasteiger partial charge in [0.25, 0.3) is 5.91 Å². The van der Waals surface area contributed by atoms with Gasteiger partial charge in [-0.2, -0.15) is 0 Å². The molecule has 1 aliphatic heterocycles. The molecule has 1 aromatic carbocycles. The molecule has 2 N–H and O–H groups in total. The molecule has 1 aromatic rings. The molecule has 3 amide bonds. The molecule has 1 aliphatic rings. The minimum atomic E-state index is -0.757. The third kappa shape index (κ3) is 3.07. The van der Waals surface area contributed by atoms with Gasteiger partial charge in [0.15, 0.2) is 5.75 Å². The molecule has 0 unspecified atom stereocenters. The Labute approximate surface area is 131 Å². The summed E-state index contributed by atoms with van der Waals surface area (Å²) in [6, 6.07) is 1.90. The minimum Gasteiger partial charge on any atom is -0.500 e. The lowest BCUT2D eigenvalue weighted by molar-refractivity contribution is -0.386. The molecule has 23 heavy (non-hydrogen) atoms. The number of phenols is 1. The maximum Gasteiger partial charge on any atom is 0.328 e. The Balaban J connectivity index is 2.48. The topological polar surface area (TPSA) is 122 Å². The molecule has 0 radical (unpaired) electrons. The van der Waals surface area contributed by atoms with E-state index in [1.54, 1.807) is 13.8 Å². The van der Waals surface area contributed by atoms with Crippen LogP contribution in [0.2, 0.25) is 0 Å². The van der Waals surface area contributed by atoms with E-state index in [1.165, 1.54) is 12.1 Å². The van der Waals surface area contributed by atoms with E-state index in [4.69, 9.17) is 4.74 Å². The van der Waals surface area contributed by atoms with Crippen molar-refractivity contribution >= 4 is 23.7 Å². The Morgan fingerprint density at radius 2 is 2.09 bits per heavy atom. The van der Waals surface area contributed by atoms with Gasteiger partial charge in [0, 0.05) is 12.6 Å². The number of phenolic OH excluding ortho intramolecular Hbond substituents is 1. The predicted octanol–water partition coefficient (Wildman–Crippen LogP) is 1.61. The number of likely N-dealkylation sites (N-methyl/N-ethyl adjacent to an activating group) is 1. The molecule has 0 aromatic heterocycles. The molecule has 9 heteroatoms. The molecule has 0 atom stereocenters. The molecule has 1 fully saturated rings. The first-order valence-electron chi connectivity index (χ1n) is 6.87. The zero-order valence-electron chi connectivity index (χ0n) is 12.5. The summed E-state index contributed by atoms with van der Waals surface area (Å²) in [5.41, 5.74) is -0.300. The number of rotatable bonds is 5. The largest absolute Gasteiger partial charge is 0.500 e. The molecule has 122 valence electrons. The van der Waals surface area contributed by atoms with E-state index in [0.29, 0.717) is 0 Å². The van der Waals surface area contributed by atoms with Crippen molar-refractivity contribution in [3.8, 4) is 11.5 Å². The maximum atomic E-state index is 12.0. The molecule has 0 saturated carbocycles. The summed E-state index contributed by atoms with van der Waals surface area (Å²) in [4.78, 5) is 34.9. The summed E-state index contributed by atoms with van der Waals surface area (Å²) in [6.45, 7) is 3.72. The van der Waals surface area contributed by atoms with E-state index in [9.17, 15) is 24.8 Å². The second-order valence-electron chi connectivity index (χ2n) is 4.61. The fourth-order valence-corrected chi connectivity index (χ4v) is 2.13. The van der Waals surface area contributed by atoms with E-state index >= 15 is 0 Å². The van der Waals surface area contributed by atoms with Crippen molar-refractivity contribution in [3.63, 3.8) is 0 Å². The summed E-state index contributed by atoms with van der Waals surface area (Å²) >= 11 is 0. The van der Waals surface area contributed by atoms with Crippen LogP contribution >= 0.6 is 0 Å². The number of hydrogen-bond donors (Lipinski definition) is 2. The standard InChI is InChI=1S/C14H15N3O6/c1-3-16-13(19)9(15-14(16)20)5-8-6-10(17(21)22)12(18)11(7-8)23-4-2/h5-7,18H,3-4H2,1-2H3,(H,15,20)/b9-5+. The van der Waals surface area contributed by atoms with Gasteiger partial charge in [-0.1, -0.05) is 0 Å². The number of carbonyl (C=O) groups excluding carboxylic acids is 2. The number of nitrogens with zero attached hydrogens (tertiary/aromatic N) is 2. The Morgan fingerprint density at radius 3 is 2.61 bits per heavy atom. The highest BCUT2D eigenvalue weighted by Crippen LogP contribution is 2.37. The highest BCUT2D eigenvalue weighted by atomic mass is 16.6. The van der Waals surface area contributed by atoms with Crippen LogP contribution in [0.15, 0.2) is 17.8 Å². The number of imide groups is 1. The molecule has 9 nitrogen and oxygen atoms in total. The summed E-state index contributed by atoms with van der Waals surface area (Å²) in [5.74, 6) is -1.18. The van der Waals surface area contributed by atoms with Gasteiger partial charge >= 0.3 is 11.7 Å². The van der Waals surface area contributed by atoms with E-state index in [2.05, 4.69) is 5.32 Å². The van der Waals surface area contributed by atoms with Gasteiger partial charge in [0.05, 0.1) is 11.5 Å². The van der Waals surface area contributed by atoms with Gasteiger partial charge in [0.2, 0.25) is 5.75 Å². The smallest absolute Gasteiger partial charge is 0.328 e. The molecule has 1 heterocycles. The van der Waals surface area contributed by atoms with Crippen LogP contribution in [0.3, 0.4) is 0 Å². The van der Waals surface area contributed by atoms with E-state index in [-0.39, 0.29) is 30.2 Å². The van der Waals surface area contributed by atoms with Gasteiger partial charge < -0.3 is 15.2 Å². The third-order valence-corrected chi connectivity index (χ3v) is 3.16. The van der Waals surface area contributed by atoms with Gasteiger partial charge in [-0.15, -0.1) is 0 Å². The first-order chi connectivity index (χ1) is 10.9. The van der Waals surface area contributed by atoms with Crippen molar-refractivity contribution in [2.75, 3.05) is 13.2 Å². The first kappa shape index (κ1) is 16.3. The average Bonchev–Trinajstić information content (AvgIpc) is 2.76. The zero-order valence-corrected chi connectivity index (χ0v) is 12.5. The number of aromatic hydroxyl groups is 1. The van der Waals surface area contributed by atoms with Crippen molar-refractivity contribution < 1.29 is 24.4 Å². The SMILES string of the molecule is CCOc1cc(/C=C2/NC(=O)N(CC)C2=O)cc([N+](=O)[O-])c1O. The minimum absolute atomic E-state index is 0.000661. The zero-order chi connectivity index (χ0) is 17.1. The van der Waals surface area contributed by atoms with Gasteiger partial charge in [-0.25, -0.2) is 4.79 Å². The Morgan fingerprint density at radius 1 is 1.39 bits per heavy atom. The molecule has 2 rings (SSSR count). The summed E-state index contributed by atoms with van der Waals surface area (Å²) < 4.78 is 5.16. The number of nitro groups is 1. The lowest BCUT2D eigenvalue weighted by Crippen LogP contribution is -2.30. The van der Waals surface area contributed by atoms with Crippen LogP contribution in [0, 0.1) is 10.1 Å². The predicted molar refractivity (Wildman–Crippen MR) is 79.8 cm³/mol. The Hall–Kier alpha value is -3.10. The lowest BCUT2D eigenvalue weighted by Gasteiger charge is -2.08. The summed E-state index contributed by atoms with van der Waals surface area (Å²) in [7, 11) is 0. The number of urea groups is 1. The highest BCUT2D eigenvalue weighted by Gasteiger charge is 2.32. The number of ether oxygens (including phenoxy) is 1. The first-order valence-corrected chi connectivity index (χ1v) is 6.87. The van der Waals surface area contributed by atoms with Crippen molar-refractivity contribution in [2.24, 2.45) is 0 Å². The van der Waals surface area contributed by atoms with E-state index in [0.717, 1.165) is 11.0 Å². The van der Waals surface area contributed by atoms with Crippen LogP contribution in [-0.2, 0) is 4.79 Å². The monoisotopic (exact) mass is 321 g/mol. The number of carbonyl (C=O) groups is 2. The molecule has 0 bridgehead atoms. The van der Waals surface area contributed by atoms with Crippen molar-refractivity contribution in [2.45, 2.75) is 13.8 Å². The van der Waals surface area contributed by atoms with E-state index in [1.807, 2.05) is 0 Å². The maximum absolute atomic E-state index is 12.0. The number of hydrogen-bond acceptors (Lipinski definition) is 6. The van der Waals surface area contributed by atoms with E-state index < -0.39 is 28.3 Å². The second-order valence-corrected chi connectivity index (χ2v) is 4.61. The molecule has 0 spiro atoms. The number of benzene rings is 1. The van der Waals surface area contributed by atoms with Crippen LogP contribution in [0.4, 0.5) is 10.5 Å². The Kier molecular flexibility index (Phi) is 4.49. The van der Waals surface area contributed by atoms with Crippen LogP contribution in [0.5, 0.6) is 11.5 Å². The summed E-state index contributed by atoms with van der Waals surface area (Å²) in [6.07, 6.45) is 1.30. The van der Waals surface area contributed by atoms with Crippen molar-refractivity contribution in [1.82, 2.24) is 10.2 Å². The van der Waals surface area contributed by atoms with Gasteiger partial charge in [0.1, 0.15) is 5.70 Å². The summed E-state index contributed by atoms with van der Waals surface area (Å²) in [5, 5.41) is 23.2. The molecule has 1 saturated heterocycles. The third-order valence-electron chi connectivity index (χ3n) is 3.16. The molecular weight excluding hydrogens is 306 g/mol. The normalized spacial score (nSPS) is 15.9. The average molecular weight is 321 g/mol. The molecule has 0 aliphatic carbocycles. The number of amides is 3. The van der Waals surface area contributed by atoms with Crippen LogP contribution in [0.25, 0.3) is 6.08 Å². The quantitative estimate of drug-likeness (QED) is 0.368. The number of nitro benzene ring substituents is 1. The van der Waals surface area contributed by atoms with Crippen molar-refractivity contribution in [1.29, 1.82) is 0 Å². The van der Waals surface area contributed by atoms with Crippen molar-refractivity contribution in [3.05, 3.63) is 33.5 Å². The number of nitrogens with one attached hydrogen (secondary N) is 1. The lowest BCUT2D eigenvalue weighted by atomic mass is 10.1. The van der Waals surface area contributed by atoms with Crippen LogP contribution in [0.1, 0.15) is 19.4 Å². The van der Waals surface area contributed by atoms with Gasteiger partial charge in [-0.3, -0.25) is 19.8 Å². The molecular formula is C14H15N3O6. The van der Waals surface area contributed by atoms with Gasteiger partial charge in [-0.05, 0) is 31.6 Å².